The van der Waals surface area contributed by atoms with E-state index < -0.39 is 6.04 Å². The van der Waals surface area contributed by atoms with Crippen LogP contribution in [0.15, 0.2) is 36.1 Å². The SMILES string of the molecule is C=CCN1C(=O)N[C@@H](c2cc(C)c(C)cc2C)C2=C1CN([C@H](C)CC)C2=O. The summed E-state index contributed by atoms with van der Waals surface area (Å²) in [6, 6.07) is 3.77. The molecule has 5 nitrogen and oxygen atoms in total. The van der Waals surface area contributed by atoms with Crippen LogP contribution in [-0.2, 0) is 4.79 Å². The number of amides is 3. The van der Waals surface area contributed by atoms with Gasteiger partial charge in [0.15, 0.2) is 0 Å². The van der Waals surface area contributed by atoms with E-state index in [4.69, 9.17) is 0 Å². The molecule has 0 saturated carbocycles. The Labute approximate surface area is 161 Å². The fourth-order valence-corrected chi connectivity index (χ4v) is 3.94. The molecule has 2 heterocycles. The molecule has 0 bridgehead atoms. The maximum atomic E-state index is 13.3. The zero-order valence-electron chi connectivity index (χ0n) is 16.9. The van der Waals surface area contributed by atoms with E-state index in [1.165, 1.54) is 5.56 Å². The highest BCUT2D eigenvalue weighted by atomic mass is 16.2. The second kappa shape index (κ2) is 7.22. The van der Waals surface area contributed by atoms with E-state index in [-0.39, 0.29) is 18.0 Å². The van der Waals surface area contributed by atoms with Crippen molar-refractivity contribution in [2.45, 2.75) is 53.1 Å². The predicted molar refractivity (Wildman–Crippen MR) is 107 cm³/mol. The normalized spacial score (nSPS) is 20.7. The van der Waals surface area contributed by atoms with Crippen molar-refractivity contribution in [3.63, 3.8) is 0 Å². The summed E-state index contributed by atoms with van der Waals surface area (Å²) >= 11 is 0. The number of hydrogen-bond acceptors (Lipinski definition) is 2. The van der Waals surface area contributed by atoms with Crippen molar-refractivity contribution in [3.8, 4) is 0 Å². The molecule has 2 aliphatic rings. The highest BCUT2D eigenvalue weighted by molar-refractivity contribution is 6.01. The monoisotopic (exact) mass is 367 g/mol. The first kappa shape index (κ1) is 19.2. The van der Waals surface area contributed by atoms with Crippen molar-refractivity contribution in [2.75, 3.05) is 13.1 Å². The third kappa shape index (κ3) is 3.15. The molecule has 0 fully saturated rings. The van der Waals surface area contributed by atoms with Crippen molar-refractivity contribution in [2.24, 2.45) is 0 Å². The lowest BCUT2D eigenvalue weighted by atomic mass is 9.89. The van der Waals surface area contributed by atoms with Gasteiger partial charge >= 0.3 is 6.03 Å². The van der Waals surface area contributed by atoms with Crippen LogP contribution in [0, 0.1) is 20.8 Å². The highest BCUT2D eigenvalue weighted by Gasteiger charge is 2.45. The first-order valence-corrected chi connectivity index (χ1v) is 9.60. The van der Waals surface area contributed by atoms with Crippen molar-refractivity contribution < 1.29 is 9.59 Å². The van der Waals surface area contributed by atoms with E-state index in [1.807, 2.05) is 11.8 Å². The van der Waals surface area contributed by atoms with Gasteiger partial charge in [-0.05, 0) is 56.4 Å². The number of aryl methyl sites for hydroxylation is 3. The van der Waals surface area contributed by atoms with E-state index in [1.54, 1.807) is 11.0 Å². The van der Waals surface area contributed by atoms with Crippen LogP contribution in [-0.4, -0.2) is 40.9 Å². The molecule has 3 amide bonds. The van der Waals surface area contributed by atoms with Gasteiger partial charge in [-0.1, -0.05) is 25.1 Å². The first-order valence-electron chi connectivity index (χ1n) is 9.60. The second-order valence-corrected chi connectivity index (χ2v) is 7.63. The lowest BCUT2D eigenvalue weighted by Crippen LogP contribution is -2.47. The number of nitrogens with one attached hydrogen (secondary N) is 1. The molecule has 0 saturated heterocycles. The van der Waals surface area contributed by atoms with Gasteiger partial charge in [0, 0.05) is 12.6 Å². The Bertz CT molecular complexity index is 840. The lowest BCUT2D eigenvalue weighted by molar-refractivity contribution is -0.127. The van der Waals surface area contributed by atoms with Gasteiger partial charge in [0.05, 0.1) is 23.9 Å². The molecule has 0 spiro atoms. The third-order valence-electron chi connectivity index (χ3n) is 5.88. The van der Waals surface area contributed by atoms with Gasteiger partial charge < -0.3 is 10.2 Å². The molecule has 0 aromatic heterocycles. The number of carbonyl (C=O) groups excluding carboxylic acids is 2. The van der Waals surface area contributed by atoms with Crippen LogP contribution in [0.3, 0.4) is 0 Å². The van der Waals surface area contributed by atoms with E-state index >= 15 is 0 Å². The van der Waals surface area contributed by atoms with E-state index in [2.05, 4.69) is 51.7 Å². The van der Waals surface area contributed by atoms with Gasteiger partial charge in [0.1, 0.15) is 0 Å². The minimum Gasteiger partial charge on any atom is -0.330 e. The van der Waals surface area contributed by atoms with Crippen LogP contribution < -0.4 is 5.32 Å². The summed E-state index contributed by atoms with van der Waals surface area (Å²) in [7, 11) is 0. The third-order valence-corrected chi connectivity index (χ3v) is 5.88. The molecular weight excluding hydrogens is 338 g/mol. The average Bonchev–Trinajstić information content (AvgIpc) is 2.97. The number of rotatable bonds is 5. The molecule has 1 aromatic carbocycles. The Morgan fingerprint density at radius 2 is 1.89 bits per heavy atom. The maximum absolute atomic E-state index is 13.3. The molecule has 0 radical (unpaired) electrons. The van der Waals surface area contributed by atoms with Crippen molar-refractivity contribution >= 4 is 11.9 Å². The Morgan fingerprint density at radius 3 is 2.52 bits per heavy atom. The van der Waals surface area contributed by atoms with Crippen LogP contribution in [0.4, 0.5) is 4.79 Å². The van der Waals surface area contributed by atoms with Crippen LogP contribution in [0.2, 0.25) is 0 Å². The fourth-order valence-electron chi connectivity index (χ4n) is 3.94. The molecule has 27 heavy (non-hydrogen) atoms. The molecule has 144 valence electrons. The second-order valence-electron chi connectivity index (χ2n) is 7.63. The Morgan fingerprint density at radius 1 is 1.22 bits per heavy atom. The van der Waals surface area contributed by atoms with E-state index in [0.29, 0.717) is 18.7 Å². The first-order chi connectivity index (χ1) is 12.8. The van der Waals surface area contributed by atoms with Gasteiger partial charge in [0.25, 0.3) is 5.91 Å². The molecule has 1 aromatic rings. The smallest absolute Gasteiger partial charge is 0.322 e. The summed E-state index contributed by atoms with van der Waals surface area (Å²) in [5.74, 6) is 0.0241. The van der Waals surface area contributed by atoms with Crippen LogP contribution in [0.5, 0.6) is 0 Å². The Balaban J connectivity index is 2.13. The molecule has 2 atom stereocenters. The van der Waals surface area contributed by atoms with Crippen LogP contribution in [0.25, 0.3) is 0 Å². The molecule has 5 heteroatoms. The molecule has 2 aliphatic heterocycles. The minimum absolute atomic E-state index is 0.0241. The summed E-state index contributed by atoms with van der Waals surface area (Å²) in [5.41, 5.74) is 5.96. The van der Waals surface area contributed by atoms with Gasteiger partial charge in [0.2, 0.25) is 0 Å². The zero-order valence-corrected chi connectivity index (χ0v) is 16.9. The maximum Gasteiger partial charge on any atom is 0.322 e. The average molecular weight is 367 g/mol. The summed E-state index contributed by atoms with van der Waals surface area (Å²) < 4.78 is 0. The number of hydrogen-bond donors (Lipinski definition) is 1. The molecule has 3 rings (SSSR count). The Kier molecular flexibility index (Phi) is 5.13. The van der Waals surface area contributed by atoms with Crippen molar-refractivity contribution in [3.05, 3.63) is 58.3 Å². The van der Waals surface area contributed by atoms with Gasteiger partial charge in [-0.2, -0.15) is 0 Å². The zero-order chi connectivity index (χ0) is 19.9. The molecule has 0 aliphatic carbocycles. The topological polar surface area (TPSA) is 52.7 Å². The van der Waals surface area contributed by atoms with Crippen LogP contribution >= 0.6 is 0 Å². The van der Waals surface area contributed by atoms with Gasteiger partial charge in [-0.3, -0.25) is 9.69 Å². The lowest BCUT2D eigenvalue weighted by Gasteiger charge is -2.33. The molecule has 1 N–H and O–H groups in total. The van der Waals surface area contributed by atoms with Gasteiger partial charge in [-0.25, -0.2) is 4.79 Å². The summed E-state index contributed by atoms with van der Waals surface area (Å²) in [5, 5.41) is 3.07. The largest absolute Gasteiger partial charge is 0.330 e. The molecule has 0 unspecified atom stereocenters. The summed E-state index contributed by atoms with van der Waals surface area (Å²) in [6.07, 6.45) is 2.57. The fraction of sp³-hybridized carbons (Fsp3) is 0.455. The van der Waals surface area contributed by atoms with E-state index in [0.717, 1.165) is 28.8 Å². The Hall–Kier alpha value is -2.56. The summed E-state index contributed by atoms with van der Waals surface area (Å²) in [4.78, 5) is 29.7. The summed E-state index contributed by atoms with van der Waals surface area (Å²) in [6.45, 7) is 14.9. The predicted octanol–water partition coefficient (Wildman–Crippen LogP) is 3.76. The van der Waals surface area contributed by atoms with Crippen molar-refractivity contribution in [1.82, 2.24) is 15.1 Å². The van der Waals surface area contributed by atoms with E-state index in [9.17, 15) is 9.59 Å². The quantitative estimate of drug-likeness (QED) is 0.806. The minimum atomic E-state index is -0.408. The van der Waals surface area contributed by atoms with Gasteiger partial charge in [-0.15, -0.1) is 6.58 Å². The number of urea groups is 1. The number of carbonyl (C=O) groups is 2. The molecular formula is C22H29N3O2. The van der Waals surface area contributed by atoms with Crippen molar-refractivity contribution in [1.29, 1.82) is 0 Å². The number of benzene rings is 1. The highest BCUT2D eigenvalue weighted by Crippen LogP contribution is 2.38. The number of nitrogens with zero attached hydrogens (tertiary/aromatic N) is 2. The van der Waals surface area contributed by atoms with Crippen LogP contribution in [0.1, 0.15) is 48.6 Å². The standard InChI is InChI=1S/C22H29N3O2/c1-7-9-24-18-12-25(16(6)8-2)21(26)19(18)20(23-22(24)27)17-11-14(4)13(3)10-15(17)5/h7,10-11,16,20H,1,8-9,12H2,2-6H3,(H,23,27)/t16-,20+/m1/s1.